The zero-order valence-electron chi connectivity index (χ0n) is 11.3. The fraction of sp³-hybridized carbons (Fsp3) is 0.0714. The zero-order chi connectivity index (χ0) is 17.4. The van der Waals surface area contributed by atoms with Gasteiger partial charge >= 0.3 is 12.1 Å². The molecule has 2 aromatic rings. The number of hydrogen-bond acceptors (Lipinski definition) is 3. The van der Waals surface area contributed by atoms with Gasteiger partial charge in [0.25, 0.3) is 0 Å². The van der Waals surface area contributed by atoms with Gasteiger partial charge < -0.3 is 5.11 Å². The Morgan fingerprint density at radius 3 is 2.26 bits per heavy atom. The van der Waals surface area contributed by atoms with Crippen LogP contribution in [0.1, 0.15) is 15.9 Å². The van der Waals surface area contributed by atoms with Gasteiger partial charge in [-0.3, -0.25) is 0 Å². The van der Waals surface area contributed by atoms with Gasteiger partial charge in [-0.2, -0.15) is 13.2 Å². The van der Waals surface area contributed by atoms with Crippen molar-refractivity contribution in [3.05, 3.63) is 53.6 Å². The summed E-state index contributed by atoms with van der Waals surface area (Å²) in [5, 5.41) is 14.1. The number of primary sulfonamides is 1. The Morgan fingerprint density at radius 2 is 1.74 bits per heavy atom. The zero-order valence-corrected chi connectivity index (χ0v) is 12.1. The van der Waals surface area contributed by atoms with Crippen LogP contribution in [0, 0.1) is 0 Å². The first-order chi connectivity index (χ1) is 10.5. The first-order valence-corrected chi connectivity index (χ1v) is 7.62. The maximum absolute atomic E-state index is 12.8. The molecule has 0 amide bonds. The van der Waals surface area contributed by atoms with Crippen LogP contribution < -0.4 is 5.14 Å². The minimum absolute atomic E-state index is 0.00167. The molecule has 0 radical (unpaired) electrons. The summed E-state index contributed by atoms with van der Waals surface area (Å²) in [5.74, 6) is -1.48. The van der Waals surface area contributed by atoms with Crippen LogP contribution in [0.3, 0.4) is 0 Å². The summed E-state index contributed by atoms with van der Waals surface area (Å²) in [5.41, 5.74) is -1.45. The Bertz CT molecular complexity index is 876. The van der Waals surface area contributed by atoms with Gasteiger partial charge in [0.1, 0.15) is 0 Å². The number of rotatable bonds is 3. The maximum Gasteiger partial charge on any atom is 0.416 e. The molecular weight excluding hydrogens is 335 g/mol. The molecule has 0 aromatic heterocycles. The Labute approximate surface area is 129 Å². The normalized spacial score (nSPS) is 12.2. The van der Waals surface area contributed by atoms with E-state index in [4.69, 9.17) is 5.14 Å². The number of carboxylic acid groups (broad SMARTS) is 1. The lowest BCUT2D eigenvalue weighted by atomic mass is 9.98. The molecule has 5 nitrogen and oxygen atoms in total. The molecule has 23 heavy (non-hydrogen) atoms. The number of benzene rings is 2. The molecule has 2 aromatic carbocycles. The van der Waals surface area contributed by atoms with Crippen LogP contribution in [0.25, 0.3) is 11.1 Å². The molecule has 3 N–H and O–H groups in total. The van der Waals surface area contributed by atoms with E-state index in [1.807, 2.05) is 0 Å². The number of carbonyl (C=O) groups is 1. The van der Waals surface area contributed by atoms with E-state index in [1.165, 1.54) is 6.07 Å². The van der Waals surface area contributed by atoms with Crippen molar-refractivity contribution in [2.45, 2.75) is 11.1 Å². The lowest BCUT2D eigenvalue weighted by molar-refractivity contribution is -0.137. The minimum atomic E-state index is -4.58. The van der Waals surface area contributed by atoms with E-state index in [9.17, 15) is 31.5 Å². The van der Waals surface area contributed by atoms with Gasteiger partial charge in [-0.1, -0.05) is 18.2 Å². The van der Waals surface area contributed by atoms with Gasteiger partial charge in [0.05, 0.1) is 16.0 Å². The van der Waals surface area contributed by atoms with Crippen LogP contribution in [0.5, 0.6) is 0 Å². The molecular formula is C14H10F3NO4S. The number of halogens is 3. The van der Waals surface area contributed by atoms with E-state index >= 15 is 0 Å². The van der Waals surface area contributed by atoms with Gasteiger partial charge in [0.2, 0.25) is 10.0 Å². The standard InChI is InChI=1S/C14H10F3NO4S/c15-14(16,17)9-3-1-2-8(6-9)11-5-4-10(23(18,21)22)7-12(11)13(19)20/h1-7H,(H,19,20)(H2,18,21,22). The highest BCUT2D eigenvalue weighted by molar-refractivity contribution is 7.89. The summed E-state index contributed by atoms with van der Waals surface area (Å²) in [6.07, 6.45) is -4.58. The molecule has 0 spiro atoms. The molecule has 0 atom stereocenters. The third-order valence-electron chi connectivity index (χ3n) is 3.05. The third-order valence-corrected chi connectivity index (χ3v) is 3.96. The summed E-state index contributed by atoms with van der Waals surface area (Å²) in [6.45, 7) is 0. The molecule has 0 fully saturated rings. The van der Waals surface area contributed by atoms with Gasteiger partial charge in [-0.15, -0.1) is 0 Å². The van der Waals surface area contributed by atoms with Crippen molar-refractivity contribution in [3.8, 4) is 11.1 Å². The average Bonchev–Trinajstić information content (AvgIpc) is 2.45. The van der Waals surface area contributed by atoms with Crippen molar-refractivity contribution in [1.29, 1.82) is 0 Å². The van der Waals surface area contributed by atoms with Crippen LogP contribution in [0.2, 0.25) is 0 Å². The molecule has 0 bridgehead atoms. The van der Waals surface area contributed by atoms with E-state index in [2.05, 4.69) is 0 Å². The van der Waals surface area contributed by atoms with Crippen molar-refractivity contribution < 1.29 is 31.5 Å². The molecule has 0 heterocycles. The van der Waals surface area contributed by atoms with Crippen molar-refractivity contribution in [2.75, 3.05) is 0 Å². The molecule has 0 aliphatic carbocycles. The van der Waals surface area contributed by atoms with Crippen molar-refractivity contribution >= 4 is 16.0 Å². The minimum Gasteiger partial charge on any atom is -0.478 e. The second-order valence-electron chi connectivity index (χ2n) is 4.64. The molecule has 2 rings (SSSR count). The molecule has 0 unspecified atom stereocenters. The van der Waals surface area contributed by atoms with E-state index in [-0.39, 0.29) is 11.1 Å². The molecule has 0 saturated heterocycles. The predicted octanol–water partition coefficient (Wildman–Crippen LogP) is 2.72. The second-order valence-corrected chi connectivity index (χ2v) is 6.20. The van der Waals surface area contributed by atoms with E-state index in [1.54, 1.807) is 0 Å². The molecule has 0 aliphatic heterocycles. The Hall–Kier alpha value is -2.39. The van der Waals surface area contributed by atoms with Crippen LogP contribution in [0.15, 0.2) is 47.4 Å². The number of aromatic carboxylic acids is 1. The number of sulfonamides is 1. The van der Waals surface area contributed by atoms with Gasteiger partial charge in [0.15, 0.2) is 0 Å². The van der Waals surface area contributed by atoms with Crippen molar-refractivity contribution in [2.24, 2.45) is 5.14 Å². The van der Waals surface area contributed by atoms with Crippen LogP contribution in [-0.4, -0.2) is 19.5 Å². The van der Waals surface area contributed by atoms with Gasteiger partial charge in [0, 0.05) is 0 Å². The topological polar surface area (TPSA) is 97.5 Å². The predicted molar refractivity (Wildman–Crippen MR) is 75.2 cm³/mol. The summed E-state index contributed by atoms with van der Waals surface area (Å²) in [7, 11) is -4.13. The fourth-order valence-electron chi connectivity index (χ4n) is 1.99. The van der Waals surface area contributed by atoms with Crippen molar-refractivity contribution in [1.82, 2.24) is 0 Å². The largest absolute Gasteiger partial charge is 0.478 e. The summed E-state index contributed by atoms with van der Waals surface area (Å²) < 4.78 is 60.8. The van der Waals surface area contributed by atoms with E-state index in [0.717, 1.165) is 36.4 Å². The summed E-state index contributed by atoms with van der Waals surface area (Å²) in [4.78, 5) is 10.9. The van der Waals surface area contributed by atoms with Crippen molar-refractivity contribution in [3.63, 3.8) is 0 Å². The van der Waals surface area contributed by atoms with Gasteiger partial charge in [-0.05, 0) is 35.4 Å². The molecule has 9 heteroatoms. The molecule has 0 saturated carbocycles. The summed E-state index contributed by atoms with van der Waals surface area (Å²) in [6, 6.07) is 7.04. The fourth-order valence-corrected chi connectivity index (χ4v) is 2.53. The van der Waals surface area contributed by atoms with Crippen LogP contribution in [0.4, 0.5) is 13.2 Å². The maximum atomic E-state index is 12.8. The van der Waals surface area contributed by atoms with Crippen LogP contribution in [-0.2, 0) is 16.2 Å². The SMILES string of the molecule is NS(=O)(=O)c1ccc(-c2cccc(C(F)(F)F)c2)c(C(=O)O)c1. The Morgan fingerprint density at radius 1 is 1.09 bits per heavy atom. The first kappa shape index (κ1) is 17.0. The third kappa shape index (κ3) is 3.69. The smallest absolute Gasteiger partial charge is 0.416 e. The van der Waals surface area contributed by atoms with E-state index in [0.29, 0.717) is 0 Å². The Kier molecular flexibility index (Phi) is 4.18. The number of carboxylic acids is 1. The quantitative estimate of drug-likeness (QED) is 0.894. The average molecular weight is 345 g/mol. The number of nitrogens with two attached hydrogens (primary N) is 1. The highest BCUT2D eigenvalue weighted by Crippen LogP contribution is 2.33. The highest BCUT2D eigenvalue weighted by atomic mass is 32.2. The van der Waals surface area contributed by atoms with E-state index < -0.39 is 38.2 Å². The highest BCUT2D eigenvalue weighted by Gasteiger charge is 2.30. The lowest BCUT2D eigenvalue weighted by Gasteiger charge is -2.11. The first-order valence-electron chi connectivity index (χ1n) is 6.08. The monoisotopic (exact) mass is 345 g/mol. The van der Waals surface area contributed by atoms with Crippen LogP contribution >= 0.6 is 0 Å². The second kappa shape index (κ2) is 5.67. The molecule has 122 valence electrons. The van der Waals surface area contributed by atoms with Gasteiger partial charge in [-0.25, -0.2) is 18.4 Å². The number of hydrogen-bond donors (Lipinski definition) is 2. The lowest BCUT2D eigenvalue weighted by Crippen LogP contribution is -2.13. The summed E-state index contributed by atoms with van der Waals surface area (Å²) >= 11 is 0. The molecule has 0 aliphatic rings. The Balaban J connectivity index is 2.67. The number of alkyl halides is 3.